The zero-order chi connectivity index (χ0) is 13.7. The first-order valence-corrected chi connectivity index (χ1v) is 6.34. The molecule has 0 fully saturated rings. The van der Waals surface area contributed by atoms with E-state index in [9.17, 15) is 0 Å². The lowest BCUT2D eigenvalue weighted by Gasteiger charge is -2.05. The van der Waals surface area contributed by atoms with Gasteiger partial charge in [0.05, 0.1) is 18.2 Å². The van der Waals surface area contributed by atoms with Crippen LogP contribution in [-0.2, 0) is 0 Å². The Labute approximate surface area is 116 Å². The van der Waals surface area contributed by atoms with E-state index in [1.54, 1.807) is 19.2 Å². The lowest BCUT2D eigenvalue weighted by molar-refractivity contribution is 0.413. The maximum absolute atomic E-state index is 8.99. The second kappa shape index (κ2) is 5.95. The van der Waals surface area contributed by atoms with Gasteiger partial charge in [-0.25, -0.2) is 0 Å². The van der Waals surface area contributed by atoms with Gasteiger partial charge in [-0.05, 0) is 36.4 Å². The largest absolute Gasteiger partial charge is 0.497 e. The topological polar surface area (TPSA) is 56.8 Å². The molecule has 0 N–H and O–H groups in total. The van der Waals surface area contributed by atoms with Crippen molar-refractivity contribution in [1.82, 2.24) is 0 Å². The van der Waals surface area contributed by atoms with Crippen molar-refractivity contribution in [1.29, 1.82) is 10.5 Å². The molecule has 0 radical (unpaired) electrons. The number of nitriles is 2. The fraction of sp³-hybridized carbons (Fsp3) is 0.0667. The molecule has 0 aliphatic carbocycles. The summed E-state index contributed by atoms with van der Waals surface area (Å²) < 4.78 is 5.17. The SMILES string of the molecule is COc1cccc(Sc2ccc(C#N)c(C#N)c2)c1. The Morgan fingerprint density at radius 3 is 2.37 bits per heavy atom. The Bertz CT molecular complexity index is 683. The molecule has 0 amide bonds. The number of methoxy groups -OCH3 is 1. The lowest BCUT2D eigenvalue weighted by Crippen LogP contribution is -1.85. The Morgan fingerprint density at radius 2 is 1.68 bits per heavy atom. The molecule has 0 atom stereocenters. The summed E-state index contributed by atoms with van der Waals surface area (Å²) in [4.78, 5) is 1.94. The Balaban J connectivity index is 2.29. The van der Waals surface area contributed by atoms with E-state index >= 15 is 0 Å². The molecular formula is C15H10N2OS. The number of ether oxygens (including phenoxy) is 1. The third-order valence-electron chi connectivity index (χ3n) is 2.51. The Hall–Kier alpha value is -2.43. The van der Waals surface area contributed by atoms with Crippen molar-refractivity contribution in [2.75, 3.05) is 7.11 Å². The molecule has 0 aromatic heterocycles. The normalized spacial score (nSPS) is 9.42. The predicted octanol–water partition coefficient (Wildman–Crippen LogP) is 3.59. The van der Waals surface area contributed by atoms with Crippen molar-refractivity contribution in [3.63, 3.8) is 0 Å². The van der Waals surface area contributed by atoms with Gasteiger partial charge in [0.25, 0.3) is 0 Å². The average molecular weight is 266 g/mol. The molecule has 0 aliphatic heterocycles. The van der Waals surface area contributed by atoms with E-state index in [1.165, 1.54) is 11.8 Å². The minimum atomic E-state index is 0.399. The molecule has 2 aromatic rings. The average Bonchev–Trinajstić information content (AvgIpc) is 2.47. The van der Waals surface area contributed by atoms with E-state index in [0.717, 1.165) is 15.5 Å². The van der Waals surface area contributed by atoms with E-state index in [1.807, 2.05) is 42.5 Å². The van der Waals surface area contributed by atoms with Gasteiger partial charge in [-0.3, -0.25) is 0 Å². The first-order chi connectivity index (χ1) is 9.26. The molecule has 92 valence electrons. The molecule has 19 heavy (non-hydrogen) atoms. The van der Waals surface area contributed by atoms with Gasteiger partial charge in [0.2, 0.25) is 0 Å². The van der Waals surface area contributed by atoms with Crippen LogP contribution in [0.3, 0.4) is 0 Å². The van der Waals surface area contributed by atoms with Crippen LogP contribution in [-0.4, -0.2) is 7.11 Å². The quantitative estimate of drug-likeness (QED) is 0.851. The van der Waals surface area contributed by atoms with Crippen molar-refractivity contribution in [2.24, 2.45) is 0 Å². The standard InChI is InChI=1S/C15H10N2OS/c1-18-13-3-2-4-14(8-13)19-15-6-5-11(9-16)12(7-15)10-17/h2-8H,1H3. The molecule has 0 saturated carbocycles. The van der Waals surface area contributed by atoms with Crippen molar-refractivity contribution >= 4 is 11.8 Å². The summed E-state index contributed by atoms with van der Waals surface area (Å²) in [5.41, 5.74) is 0.799. The number of hydrogen-bond donors (Lipinski definition) is 0. The first kappa shape index (κ1) is 13.0. The van der Waals surface area contributed by atoms with Crippen molar-refractivity contribution in [2.45, 2.75) is 9.79 Å². The Kier molecular flexibility index (Phi) is 4.07. The molecule has 0 heterocycles. The summed E-state index contributed by atoms with van der Waals surface area (Å²) in [6, 6.07) is 17.0. The minimum Gasteiger partial charge on any atom is -0.497 e. The third kappa shape index (κ3) is 3.07. The van der Waals surface area contributed by atoms with Gasteiger partial charge in [0.15, 0.2) is 0 Å². The summed E-state index contributed by atoms with van der Waals surface area (Å²) in [5.74, 6) is 0.791. The number of nitrogens with zero attached hydrogens (tertiary/aromatic N) is 2. The van der Waals surface area contributed by atoms with Crippen LogP contribution in [0.1, 0.15) is 11.1 Å². The lowest BCUT2D eigenvalue weighted by atomic mass is 10.1. The maximum Gasteiger partial charge on any atom is 0.119 e. The molecule has 0 aliphatic rings. The van der Waals surface area contributed by atoms with E-state index in [-0.39, 0.29) is 0 Å². The zero-order valence-corrected chi connectivity index (χ0v) is 11.1. The van der Waals surface area contributed by atoms with Crippen LogP contribution < -0.4 is 4.74 Å². The smallest absolute Gasteiger partial charge is 0.119 e. The highest BCUT2D eigenvalue weighted by Crippen LogP contribution is 2.31. The monoisotopic (exact) mass is 266 g/mol. The van der Waals surface area contributed by atoms with Gasteiger partial charge in [0.1, 0.15) is 17.9 Å². The van der Waals surface area contributed by atoms with E-state index in [4.69, 9.17) is 15.3 Å². The van der Waals surface area contributed by atoms with Gasteiger partial charge in [-0.1, -0.05) is 17.8 Å². The fourth-order valence-corrected chi connectivity index (χ4v) is 2.48. The summed E-state index contributed by atoms with van der Waals surface area (Å²) >= 11 is 1.53. The molecule has 0 unspecified atom stereocenters. The van der Waals surface area contributed by atoms with Crippen LogP contribution in [0.5, 0.6) is 5.75 Å². The van der Waals surface area contributed by atoms with Crippen LogP contribution in [0.4, 0.5) is 0 Å². The van der Waals surface area contributed by atoms with Crippen LogP contribution >= 0.6 is 11.8 Å². The fourth-order valence-electron chi connectivity index (χ4n) is 1.58. The van der Waals surface area contributed by atoms with Crippen molar-refractivity contribution in [3.8, 4) is 17.9 Å². The van der Waals surface area contributed by atoms with E-state index < -0.39 is 0 Å². The molecule has 0 bridgehead atoms. The summed E-state index contributed by atoms with van der Waals surface area (Å²) in [5, 5.41) is 17.9. The van der Waals surface area contributed by atoms with E-state index in [0.29, 0.717) is 11.1 Å². The predicted molar refractivity (Wildman–Crippen MR) is 73.0 cm³/mol. The second-order valence-corrected chi connectivity index (χ2v) is 4.86. The van der Waals surface area contributed by atoms with Crippen molar-refractivity contribution < 1.29 is 4.74 Å². The number of benzene rings is 2. The highest BCUT2D eigenvalue weighted by molar-refractivity contribution is 7.99. The van der Waals surface area contributed by atoms with E-state index in [2.05, 4.69) is 0 Å². The molecule has 0 saturated heterocycles. The molecule has 0 spiro atoms. The number of rotatable bonds is 3. The highest BCUT2D eigenvalue weighted by atomic mass is 32.2. The van der Waals surface area contributed by atoms with Crippen LogP contribution in [0.15, 0.2) is 52.3 Å². The van der Waals surface area contributed by atoms with Crippen LogP contribution in [0.25, 0.3) is 0 Å². The molecule has 4 heteroatoms. The summed E-state index contributed by atoms with van der Waals surface area (Å²) in [6.45, 7) is 0. The molecule has 3 nitrogen and oxygen atoms in total. The highest BCUT2D eigenvalue weighted by Gasteiger charge is 2.05. The van der Waals surface area contributed by atoms with Gasteiger partial charge in [-0.15, -0.1) is 0 Å². The third-order valence-corrected chi connectivity index (χ3v) is 3.49. The molecule has 2 rings (SSSR count). The van der Waals surface area contributed by atoms with Crippen molar-refractivity contribution in [3.05, 3.63) is 53.6 Å². The van der Waals surface area contributed by atoms with Gasteiger partial charge < -0.3 is 4.74 Å². The van der Waals surface area contributed by atoms with Gasteiger partial charge in [-0.2, -0.15) is 10.5 Å². The molecule has 2 aromatic carbocycles. The summed E-state index contributed by atoms with van der Waals surface area (Å²) in [6.07, 6.45) is 0. The molecular weight excluding hydrogens is 256 g/mol. The van der Waals surface area contributed by atoms with Crippen LogP contribution in [0.2, 0.25) is 0 Å². The summed E-state index contributed by atoms with van der Waals surface area (Å²) in [7, 11) is 1.62. The maximum atomic E-state index is 8.99. The first-order valence-electron chi connectivity index (χ1n) is 5.53. The zero-order valence-electron chi connectivity index (χ0n) is 10.3. The Morgan fingerprint density at radius 1 is 0.947 bits per heavy atom. The second-order valence-electron chi connectivity index (χ2n) is 3.71. The van der Waals surface area contributed by atoms with Gasteiger partial charge in [0, 0.05) is 9.79 Å². The number of hydrogen-bond acceptors (Lipinski definition) is 4. The van der Waals surface area contributed by atoms with Gasteiger partial charge >= 0.3 is 0 Å². The minimum absolute atomic E-state index is 0.399. The van der Waals surface area contributed by atoms with Crippen LogP contribution in [0, 0.1) is 22.7 Å².